The summed E-state index contributed by atoms with van der Waals surface area (Å²) in [6, 6.07) is 35.5. The fraction of sp³-hybridized carbons (Fsp3) is 0.224. The lowest BCUT2D eigenvalue weighted by Crippen LogP contribution is -3.05. The molecule has 0 atom stereocenters. The highest BCUT2D eigenvalue weighted by Crippen LogP contribution is 2.45. The molecule has 10 rings (SSSR count). The predicted octanol–water partition coefficient (Wildman–Crippen LogP) is 4.08. The van der Waals surface area contributed by atoms with Gasteiger partial charge in [-0.1, -0.05) is 24.3 Å². The Balaban J connectivity index is 0.000000506. The van der Waals surface area contributed by atoms with Gasteiger partial charge in [0.05, 0.1) is 68.1 Å². The first-order valence-electron chi connectivity index (χ1n) is 28.4. The smallest absolute Gasteiger partial charge is 0.336 e. The van der Waals surface area contributed by atoms with Crippen LogP contribution in [0, 0.1) is 0 Å². The van der Waals surface area contributed by atoms with Crippen LogP contribution in [0.1, 0.15) is 89.1 Å². The SMILES string of the molecule is CCN=C=NCCC[NH+](C)C.CN(C)c1ccc2c(-c3ccc(C(=O)NCc4ccc(C(=O)NCc5c(O)ccc6c(-c7ccc(C(=O)O)cc7C(=O)O)c7ccc(=O)cc-7oc56)cc4)cc3C(=O)O)c3ccc(=[N+](C)C)cc-3oc2c1.O=C1CCC(=O)N1O.[Cl-]. The monoisotopic (exact) mass is 1260 g/mol. The Bertz CT molecular complexity index is 4410. The number of carboxylic acid groups (broad SMARTS) is 3. The van der Waals surface area contributed by atoms with Gasteiger partial charge in [0, 0.05) is 114 Å². The van der Waals surface area contributed by atoms with E-state index < -0.39 is 47.0 Å². The highest BCUT2D eigenvalue weighted by Gasteiger charge is 2.29. The maximum Gasteiger partial charge on any atom is 0.336 e. The molecule has 1 saturated heterocycles. The zero-order valence-electron chi connectivity index (χ0n) is 50.7. The minimum absolute atomic E-state index is 0. The fourth-order valence-electron chi connectivity index (χ4n) is 9.88. The van der Waals surface area contributed by atoms with Crippen LogP contribution in [0.15, 0.2) is 151 Å². The van der Waals surface area contributed by atoms with E-state index >= 15 is 0 Å². The molecule has 4 amide bonds. The van der Waals surface area contributed by atoms with Crippen molar-refractivity contribution in [3.63, 3.8) is 0 Å². The van der Waals surface area contributed by atoms with E-state index in [-0.39, 0.29) is 99.4 Å². The van der Waals surface area contributed by atoms with Crippen molar-refractivity contribution in [3.8, 4) is 50.7 Å². The summed E-state index contributed by atoms with van der Waals surface area (Å²) < 4.78 is 14.5. The Morgan fingerprint density at radius 1 is 0.648 bits per heavy atom. The van der Waals surface area contributed by atoms with E-state index in [1.165, 1.54) is 53.4 Å². The number of phenols is 1. The molecule has 5 aromatic carbocycles. The number of imide groups is 1. The molecule has 5 aromatic rings. The van der Waals surface area contributed by atoms with Crippen LogP contribution in [0.5, 0.6) is 5.75 Å². The molecule has 24 heteroatoms. The molecule has 8 N–H and O–H groups in total. The van der Waals surface area contributed by atoms with E-state index in [0.29, 0.717) is 55.5 Å². The molecule has 0 aromatic heterocycles. The van der Waals surface area contributed by atoms with Crippen LogP contribution < -0.4 is 48.2 Å². The number of aromatic hydroxyl groups is 1. The second kappa shape index (κ2) is 29.9. The molecule has 1 fully saturated rings. The van der Waals surface area contributed by atoms with Crippen molar-refractivity contribution in [2.75, 3.05) is 66.8 Å². The Morgan fingerprint density at radius 3 is 1.79 bits per heavy atom. The van der Waals surface area contributed by atoms with Gasteiger partial charge in [-0.05, 0) is 102 Å². The van der Waals surface area contributed by atoms with Crippen LogP contribution in [0.3, 0.4) is 0 Å². The van der Waals surface area contributed by atoms with Gasteiger partial charge in [-0.3, -0.25) is 29.2 Å². The van der Waals surface area contributed by atoms with Gasteiger partial charge in [0.15, 0.2) is 5.43 Å². The number of rotatable bonds is 17. The summed E-state index contributed by atoms with van der Waals surface area (Å²) in [4.78, 5) is 108. The second-order valence-corrected chi connectivity index (χ2v) is 21.6. The van der Waals surface area contributed by atoms with E-state index in [1.807, 2.05) is 81.0 Å². The number of benzene rings is 7. The quantitative estimate of drug-likeness (QED) is 0.0159. The summed E-state index contributed by atoms with van der Waals surface area (Å²) in [5.74, 6) is -5.66. The number of phenolic OH excluding ortho intramolecular Hbond substituents is 1. The number of quaternary nitrogens is 1. The summed E-state index contributed by atoms with van der Waals surface area (Å²) in [7, 11) is 11.9. The molecule has 3 aliphatic heterocycles. The Hall–Kier alpha value is -10.8. The zero-order chi connectivity index (χ0) is 65.1. The molecule has 0 bridgehead atoms. The third-order valence-corrected chi connectivity index (χ3v) is 14.6. The average Bonchev–Trinajstić information content (AvgIpc) is 1.08. The van der Waals surface area contributed by atoms with Crippen LogP contribution in [0.2, 0.25) is 0 Å². The number of anilines is 1. The number of hydrogen-bond acceptors (Lipinski definition) is 15. The third kappa shape index (κ3) is 15.9. The van der Waals surface area contributed by atoms with Crippen molar-refractivity contribution in [2.45, 2.75) is 39.3 Å². The summed E-state index contributed by atoms with van der Waals surface area (Å²) in [6.45, 7) is 4.55. The Kier molecular flexibility index (Phi) is 22.2. The Labute approximate surface area is 527 Å². The maximum atomic E-state index is 13.6. The number of aromatic carboxylic acids is 3. The number of amides is 4. The first-order chi connectivity index (χ1) is 42.9. The van der Waals surface area contributed by atoms with Crippen molar-refractivity contribution in [1.82, 2.24) is 20.3 Å². The molecule has 0 radical (unpaired) electrons. The van der Waals surface area contributed by atoms with E-state index in [4.69, 9.17) is 14.0 Å². The van der Waals surface area contributed by atoms with Crippen LogP contribution in [0.25, 0.3) is 66.8 Å². The van der Waals surface area contributed by atoms with Gasteiger partial charge in [0.1, 0.15) is 42.5 Å². The minimum atomic E-state index is -1.40. The molecule has 3 heterocycles. The molecular formula is C67H66ClN8O15+. The van der Waals surface area contributed by atoms with Gasteiger partial charge in [0.25, 0.3) is 23.6 Å². The number of hydroxylamine groups is 2. The number of hydrogen-bond donors (Lipinski definition) is 8. The first kappa shape index (κ1) is 67.7. The number of nitrogens with zero attached hydrogens (tertiary/aromatic N) is 5. The number of carbonyl (C=O) groups is 7. The lowest BCUT2D eigenvalue weighted by Gasteiger charge is -2.19. The topological polar surface area (TPSA) is 327 Å². The molecule has 470 valence electrons. The first-order valence-corrected chi connectivity index (χ1v) is 28.4. The second-order valence-electron chi connectivity index (χ2n) is 21.6. The summed E-state index contributed by atoms with van der Waals surface area (Å²) in [6.07, 6.45) is 1.42. The predicted molar refractivity (Wildman–Crippen MR) is 336 cm³/mol. The number of fused-ring (bicyclic) bond motifs is 4. The number of carbonyl (C=O) groups excluding carboxylic acids is 4. The van der Waals surface area contributed by atoms with E-state index in [2.05, 4.69) is 40.7 Å². The summed E-state index contributed by atoms with van der Waals surface area (Å²) in [5.41, 5.74) is 4.07. The number of nitrogens with one attached hydrogen (secondary N) is 3. The highest BCUT2D eigenvalue weighted by molar-refractivity contribution is 6.11. The molecule has 0 unspecified atom stereocenters. The average molecular weight is 1260 g/mol. The van der Waals surface area contributed by atoms with E-state index in [0.717, 1.165) is 43.2 Å². The van der Waals surface area contributed by atoms with Crippen molar-refractivity contribution in [2.24, 2.45) is 9.98 Å². The summed E-state index contributed by atoms with van der Waals surface area (Å²) >= 11 is 0. The van der Waals surface area contributed by atoms with Crippen LogP contribution in [-0.2, 0) is 22.7 Å². The van der Waals surface area contributed by atoms with Gasteiger partial charge in [0.2, 0.25) is 5.36 Å². The molecule has 91 heavy (non-hydrogen) atoms. The van der Waals surface area contributed by atoms with Crippen molar-refractivity contribution in [3.05, 3.63) is 182 Å². The normalized spacial score (nSPS) is 11.7. The van der Waals surface area contributed by atoms with Crippen molar-refractivity contribution >= 4 is 75.2 Å². The minimum Gasteiger partial charge on any atom is -1.00 e. The van der Waals surface area contributed by atoms with Crippen LogP contribution in [0.4, 0.5) is 5.69 Å². The fourth-order valence-corrected chi connectivity index (χ4v) is 9.88. The zero-order valence-corrected chi connectivity index (χ0v) is 51.5. The largest absolute Gasteiger partial charge is 1.00 e. The molecular weight excluding hydrogens is 1190 g/mol. The number of aliphatic imine (C=N–C) groups is 2. The molecule has 5 aliphatic rings. The lowest BCUT2D eigenvalue weighted by atomic mass is 9.89. The molecule has 2 aliphatic carbocycles. The maximum absolute atomic E-state index is 13.6. The summed E-state index contributed by atoms with van der Waals surface area (Å²) in [5, 5.41) is 57.4. The van der Waals surface area contributed by atoms with Crippen LogP contribution >= 0.6 is 0 Å². The van der Waals surface area contributed by atoms with Gasteiger partial charge >= 0.3 is 17.9 Å². The van der Waals surface area contributed by atoms with Crippen LogP contribution in [-0.4, -0.2) is 140 Å². The van der Waals surface area contributed by atoms with Gasteiger partial charge in [-0.2, -0.15) is 5.06 Å². The van der Waals surface area contributed by atoms with E-state index in [9.17, 15) is 58.8 Å². The van der Waals surface area contributed by atoms with Gasteiger partial charge < -0.3 is 62.1 Å². The molecule has 23 nitrogen and oxygen atoms in total. The van der Waals surface area contributed by atoms with Crippen molar-refractivity contribution < 1.29 is 85.3 Å². The number of halogens is 1. The molecule has 0 saturated carbocycles. The standard InChI is InChI=1S/C55H42N4O12.C8H17N3.C4H5NO3.ClH/c1-58(2)32-11-16-37-45(23-32)70-46-24-33(59(3)4)12-17-38(46)48(37)35-14-9-30(21-41(35)54(66)67)52(63)56-26-28-5-7-29(8-6-28)51(62)57-27-43-44(61)20-19-40-49(39-18-13-34(60)25-47(39)71-50(40)43)36-15-10-31(53(64)65)22-42(36)55(68)69;1-4-9-8-10-6-5-7-11(2)3;6-3-1-2-4(7)5(3)8;/h5-25H,26-27H2,1-4H3,(H5-,56,57,60,61,62,63,64,65,66,67,68,69);4-7H2,1-3H3;8H,1-2H2;1H/p+1. The van der Waals surface area contributed by atoms with Gasteiger partial charge in [-0.15, -0.1) is 0 Å². The van der Waals surface area contributed by atoms with E-state index in [1.54, 1.807) is 36.4 Å². The van der Waals surface area contributed by atoms with Crippen molar-refractivity contribution in [1.29, 1.82) is 0 Å². The molecule has 0 spiro atoms. The lowest BCUT2D eigenvalue weighted by molar-refractivity contribution is -0.858. The number of carboxylic acids is 3. The van der Waals surface area contributed by atoms with Gasteiger partial charge in [-0.25, -0.2) is 28.9 Å². The Morgan fingerprint density at radius 2 is 1.21 bits per heavy atom. The third-order valence-electron chi connectivity index (χ3n) is 14.6. The highest BCUT2D eigenvalue weighted by atomic mass is 35.5.